The molecule has 0 aliphatic rings. The molecule has 0 aliphatic heterocycles. The number of hydrogen-bond acceptors (Lipinski definition) is 5. The third-order valence-electron chi connectivity index (χ3n) is 5.09. The van der Waals surface area contributed by atoms with Crippen LogP contribution in [-0.4, -0.2) is 22.7 Å². The Morgan fingerprint density at radius 2 is 1.74 bits per heavy atom. The second kappa shape index (κ2) is 8.83. The van der Waals surface area contributed by atoms with Crippen LogP contribution in [0.2, 0.25) is 0 Å². The molecular weight excluding hydrogens is 390 g/mol. The first kappa shape index (κ1) is 20.3. The van der Waals surface area contributed by atoms with Crippen molar-refractivity contribution in [2.45, 2.75) is 20.8 Å². The first-order valence-electron chi connectivity index (χ1n) is 10.0. The zero-order chi connectivity index (χ0) is 21.8. The Bertz CT molecular complexity index is 1210. The topological polar surface area (TPSA) is 77.2 Å². The Kier molecular flexibility index (Phi) is 5.80. The first-order chi connectivity index (χ1) is 15.0. The van der Waals surface area contributed by atoms with Crippen LogP contribution in [0.15, 0.2) is 71.3 Å². The zero-order valence-corrected chi connectivity index (χ0v) is 17.7. The van der Waals surface area contributed by atoms with Gasteiger partial charge < -0.3 is 14.6 Å². The number of aromatic nitrogens is 2. The first-order valence-corrected chi connectivity index (χ1v) is 10.0. The van der Waals surface area contributed by atoms with Gasteiger partial charge in [0.2, 0.25) is 5.82 Å². The molecule has 0 bridgehead atoms. The molecule has 1 amide bonds. The van der Waals surface area contributed by atoms with Gasteiger partial charge in [-0.05, 0) is 50.1 Å². The number of amides is 1. The lowest BCUT2D eigenvalue weighted by Gasteiger charge is -2.12. The number of aryl methyl sites for hydroxylation is 2. The molecule has 4 aromatic rings. The lowest BCUT2D eigenvalue weighted by molar-refractivity contribution is -0.118. The van der Waals surface area contributed by atoms with Crippen molar-refractivity contribution < 1.29 is 14.1 Å². The molecule has 31 heavy (non-hydrogen) atoms. The average Bonchev–Trinajstić information content (AvgIpc) is 3.26. The van der Waals surface area contributed by atoms with Crippen molar-refractivity contribution in [1.82, 2.24) is 10.1 Å². The Morgan fingerprint density at radius 1 is 0.968 bits per heavy atom. The molecule has 1 aromatic heterocycles. The van der Waals surface area contributed by atoms with E-state index in [2.05, 4.69) is 15.5 Å². The normalized spacial score (nSPS) is 10.7. The van der Waals surface area contributed by atoms with Gasteiger partial charge >= 0.3 is 0 Å². The molecule has 3 aromatic carbocycles. The van der Waals surface area contributed by atoms with Crippen LogP contribution in [-0.2, 0) is 4.79 Å². The summed E-state index contributed by atoms with van der Waals surface area (Å²) in [7, 11) is 0. The van der Waals surface area contributed by atoms with Crippen LogP contribution < -0.4 is 10.1 Å². The van der Waals surface area contributed by atoms with Crippen LogP contribution in [0.1, 0.15) is 16.7 Å². The van der Waals surface area contributed by atoms with Gasteiger partial charge in [-0.3, -0.25) is 4.79 Å². The van der Waals surface area contributed by atoms with E-state index in [-0.39, 0.29) is 12.5 Å². The zero-order valence-electron chi connectivity index (χ0n) is 17.7. The van der Waals surface area contributed by atoms with Gasteiger partial charge in [-0.25, -0.2) is 0 Å². The number of ether oxygens (including phenoxy) is 1. The van der Waals surface area contributed by atoms with Crippen LogP contribution in [0, 0.1) is 20.8 Å². The second-order valence-electron chi connectivity index (χ2n) is 7.37. The highest BCUT2D eigenvalue weighted by Gasteiger charge is 2.16. The van der Waals surface area contributed by atoms with E-state index in [0.717, 1.165) is 27.9 Å². The smallest absolute Gasteiger partial charge is 0.262 e. The van der Waals surface area contributed by atoms with Crippen LogP contribution >= 0.6 is 0 Å². The number of nitrogens with zero attached hydrogens (tertiary/aromatic N) is 2. The fourth-order valence-corrected chi connectivity index (χ4v) is 3.14. The summed E-state index contributed by atoms with van der Waals surface area (Å²) >= 11 is 0. The van der Waals surface area contributed by atoms with Gasteiger partial charge in [-0.2, -0.15) is 4.98 Å². The highest BCUT2D eigenvalue weighted by molar-refractivity contribution is 5.92. The number of carbonyl (C=O) groups excluding carboxylic acids is 1. The van der Waals surface area contributed by atoms with Crippen LogP contribution in [0.4, 0.5) is 5.69 Å². The molecule has 156 valence electrons. The summed E-state index contributed by atoms with van der Waals surface area (Å²) in [6.07, 6.45) is 0. The maximum absolute atomic E-state index is 12.4. The van der Waals surface area contributed by atoms with Gasteiger partial charge in [0.25, 0.3) is 11.8 Å². The van der Waals surface area contributed by atoms with E-state index in [9.17, 15) is 4.79 Å². The van der Waals surface area contributed by atoms with Crippen molar-refractivity contribution in [2.24, 2.45) is 0 Å². The number of anilines is 1. The van der Waals surface area contributed by atoms with Gasteiger partial charge in [-0.15, -0.1) is 0 Å². The molecule has 0 fully saturated rings. The maximum atomic E-state index is 12.4. The fraction of sp³-hybridized carbons (Fsp3) is 0.160. The Morgan fingerprint density at radius 3 is 2.55 bits per heavy atom. The molecule has 0 saturated heterocycles. The molecule has 0 radical (unpaired) electrons. The molecule has 0 aliphatic carbocycles. The Balaban J connectivity index is 1.48. The summed E-state index contributed by atoms with van der Waals surface area (Å²) in [6, 6.07) is 21.0. The monoisotopic (exact) mass is 413 g/mol. The van der Waals surface area contributed by atoms with Crippen molar-refractivity contribution in [3.05, 3.63) is 83.4 Å². The summed E-state index contributed by atoms with van der Waals surface area (Å²) in [5, 5.41) is 6.98. The predicted molar refractivity (Wildman–Crippen MR) is 120 cm³/mol. The summed E-state index contributed by atoms with van der Waals surface area (Å²) in [5.74, 6) is 1.09. The van der Waals surface area contributed by atoms with Gasteiger partial charge in [0, 0.05) is 11.3 Å². The van der Waals surface area contributed by atoms with E-state index in [1.54, 1.807) is 6.07 Å². The summed E-state index contributed by atoms with van der Waals surface area (Å²) < 4.78 is 11.3. The minimum atomic E-state index is -0.241. The van der Waals surface area contributed by atoms with Crippen molar-refractivity contribution in [3.63, 3.8) is 0 Å². The molecular formula is C25H23N3O3. The van der Waals surface area contributed by atoms with Crippen molar-refractivity contribution in [2.75, 3.05) is 11.9 Å². The number of carbonyl (C=O) groups is 1. The summed E-state index contributed by atoms with van der Waals surface area (Å²) in [6.45, 7) is 5.87. The highest BCUT2D eigenvalue weighted by atomic mass is 16.5. The van der Waals surface area contributed by atoms with Crippen LogP contribution in [0.3, 0.4) is 0 Å². The second-order valence-corrected chi connectivity index (χ2v) is 7.37. The van der Waals surface area contributed by atoms with E-state index in [1.807, 2.05) is 81.4 Å². The lowest BCUT2D eigenvalue weighted by Crippen LogP contribution is -2.21. The van der Waals surface area contributed by atoms with E-state index >= 15 is 0 Å². The quantitative estimate of drug-likeness (QED) is 0.461. The average molecular weight is 413 g/mol. The lowest BCUT2D eigenvalue weighted by atomic mass is 10.1. The van der Waals surface area contributed by atoms with Gasteiger partial charge in [0.05, 0.1) is 5.56 Å². The van der Waals surface area contributed by atoms with Crippen LogP contribution in [0.5, 0.6) is 5.75 Å². The molecule has 0 saturated carbocycles. The third-order valence-corrected chi connectivity index (χ3v) is 5.09. The van der Waals surface area contributed by atoms with E-state index < -0.39 is 0 Å². The van der Waals surface area contributed by atoms with Gasteiger partial charge in [-0.1, -0.05) is 59.3 Å². The molecule has 0 unspecified atom stereocenters. The fourth-order valence-electron chi connectivity index (χ4n) is 3.14. The Hall–Kier alpha value is -3.93. The minimum Gasteiger partial charge on any atom is -0.483 e. The third kappa shape index (κ3) is 4.64. The molecule has 6 nitrogen and oxygen atoms in total. The summed E-state index contributed by atoms with van der Waals surface area (Å²) in [4.78, 5) is 16.9. The van der Waals surface area contributed by atoms with Crippen molar-refractivity contribution in [3.8, 4) is 28.6 Å². The largest absolute Gasteiger partial charge is 0.483 e. The predicted octanol–water partition coefficient (Wildman–Crippen LogP) is 5.35. The molecule has 4 rings (SSSR count). The minimum absolute atomic E-state index is 0.136. The Labute approximate surface area is 180 Å². The maximum Gasteiger partial charge on any atom is 0.262 e. The number of rotatable bonds is 6. The SMILES string of the molecule is Cc1ccc(-c2noc(-c3ccccc3OCC(=O)Nc3cccc(C)c3C)n2)cc1. The molecule has 6 heteroatoms. The molecule has 1 N–H and O–H groups in total. The number of benzene rings is 3. The van der Waals surface area contributed by atoms with E-state index in [4.69, 9.17) is 9.26 Å². The summed E-state index contributed by atoms with van der Waals surface area (Å²) in [5.41, 5.74) is 5.59. The molecule has 0 atom stereocenters. The number of para-hydroxylation sites is 1. The highest BCUT2D eigenvalue weighted by Crippen LogP contribution is 2.30. The number of hydrogen-bond donors (Lipinski definition) is 1. The number of nitrogens with one attached hydrogen (secondary N) is 1. The van der Waals surface area contributed by atoms with Crippen LogP contribution in [0.25, 0.3) is 22.8 Å². The standard InChI is InChI=1S/C25H23N3O3/c1-16-11-13-19(14-12-16)24-27-25(31-28-24)20-8-4-5-10-22(20)30-15-23(29)26-21-9-6-7-17(2)18(21)3/h4-14H,15H2,1-3H3,(H,26,29). The van der Waals surface area contributed by atoms with Crippen molar-refractivity contribution in [1.29, 1.82) is 0 Å². The molecule has 1 heterocycles. The van der Waals surface area contributed by atoms with Gasteiger partial charge in [0.1, 0.15) is 5.75 Å². The van der Waals surface area contributed by atoms with Crippen molar-refractivity contribution >= 4 is 11.6 Å². The van der Waals surface area contributed by atoms with Gasteiger partial charge in [0.15, 0.2) is 6.61 Å². The van der Waals surface area contributed by atoms with E-state index in [1.165, 1.54) is 0 Å². The molecule has 0 spiro atoms. The van der Waals surface area contributed by atoms with E-state index in [0.29, 0.717) is 23.0 Å².